The smallest absolute Gasteiger partial charge is 0.150 e. The fourth-order valence-corrected chi connectivity index (χ4v) is 3.23. The molecule has 1 fully saturated rings. The highest BCUT2D eigenvalue weighted by atomic mass is 16.3. The van der Waals surface area contributed by atoms with Gasteiger partial charge in [0.15, 0.2) is 5.78 Å². The first-order valence-corrected chi connectivity index (χ1v) is 5.59. The number of Topliss-reactive ketones (excluding diaryl/α,β-unsaturated/α-hetero) is 1. The van der Waals surface area contributed by atoms with E-state index in [-0.39, 0.29) is 5.78 Å². The Bertz CT molecular complexity index is 411. The molecule has 0 amide bonds. The lowest BCUT2D eigenvalue weighted by molar-refractivity contribution is -0.230. The molecule has 16 heavy (non-hydrogen) atoms. The zero-order valence-electron chi connectivity index (χ0n) is 10.2. The van der Waals surface area contributed by atoms with Gasteiger partial charge in [-0.3, -0.25) is 4.79 Å². The highest BCUT2D eigenvalue weighted by Crippen LogP contribution is 2.63. The van der Waals surface area contributed by atoms with Crippen LogP contribution < -0.4 is 0 Å². The van der Waals surface area contributed by atoms with E-state index >= 15 is 0 Å². The van der Waals surface area contributed by atoms with Crippen molar-refractivity contribution in [1.29, 1.82) is 0 Å². The zero-order chi connectivity index (χ0) is 12.2. The Kier molecular flexibility index (Phi) is 2.09. The summed E-state index contributed by atoms with van der Waals surface area (Å²) in [6, 6.07) is 9.46. The first-order chi connectivity index (χ1) is 7.26. The Balaban J connectivity index is 2.58. The van der Waals surface area contributed by atoms with Gasteiger partial charge in [0.2, 0.25) is 0 Å². The SMILES string of the molecule is CC1(C)C(=O)C(C)(C)C1(O)c1ccccc1. The van der Waals surface area contributed by atoms with Crippen LogP contribution in [0.15, 0.2) is 30.3 Å². The van der Waals surface area contributed by atoms with Gasteiger partial charge in [-0.1, -0.05) is 30.3 Å². The van der Waals surface area contributed by atoms with E-state index < -0.39 is 16.4 Å². The number of benzene rings is 1. The Hall–Kier alpha value is -1.15. The predicted molar refractivity (Wildman–Crippen MR) is 62.9 cm³/mol. The van der Waals surface area contributed by atoms with E-state index in [1.807, 2.05) is 58.0 Å². The second kappa shape index (κ2) is 2.95. The molecule has 1 aromatic carbocycles. The molecule has 2 nitrogen and oxygen atoms in total. The molecule has 2 heteroatoms. The third kappa shape index (κ3) is 0.983. The summed E-state index contributed by atoms with van der Waals surface area (Å²) in [6.45, 7) is 7.25. The second-order valence-electron chi connectivity index (χ2n) is 5.66. The Morgan fingerprint density at radius 2 is 1.38 bits per heavy atom. The highest BCUT2D eigenvalue weighted by molar-refractivity contribution is 5.99. The van der Waals surface area contributed by atoms with Crippen LogP contribution in [0.3, 0.4) is 0 Å². The van der Waals surface area contributed by atoms with Gasteiger partial charge in [0.05, 0.1) is 10.8 Å². The van der Waals surface area contributed by atoms with Crippen LogP contribution in [0.25, 0.3) is 0 Å². The molecule has 0 aromatic heterocycles. The van der Waals surface area contributed by atoms with Crippen LogP contribution in [0.2, 0.25) is 0 Å². The number of rotatable bonds is 1. The molecule has 1 saturated carbocycles. The van der Waals surface area contributed by atoms with Gasteiger partial charge in [0, 0.05) is 0 Å². The maximum Gasteiger partial charge on any atom is 0.150 e. The van der Waals surface area contributed by atoms with E-state index in [4.69, 9.17) is 0 Å². The molecular formula is C14H18O2. The number of carbonyl (C=O) groups excluding carboxylic acids is 1. The van der Waals surface area contributed by atoms with Crippen molar-refractivity contribution in [2.75, 3.05) is 0 Å². The summed E-state index contributed by atoms with van der Waals surface area (Å²) < 4.78 is 0. The van der Waals surface area contributed by atoms with Gasteiger partial charge in [-0.15, -0.1) is 0 Å². The predicted octanol–water partition coefficient (Wildman–Crippen LogP) is 2.51. The molecule has 86 valence electrons. The zero-order valence-corrected chi connectivity index (χ0v) is 10.2. The van der Waals surface area contributed by atoms with Gasteiger partial charge in [-0.2, -0.15) is 0 Å². The van der Waals surface area contributed by atoms with Crippen molar-refractivity contribution >= 4 is 5.78 Å². The van der Waals surface area contributed by atoms with E-state index in [0.29, 0.717) is 0 Å². The van der Waals surface area contributed by atoms with E-state index in [9.17, 15) is 9.90 Å². The summed E-state index contributed by atoms with van der Waals surface area (Å²) in [6.07, 6.45) is 0. The summed E-state index contributed by atoms with van der Waals surface area (Å²) in [5, 5.41) is 10.9. The summed E-state index contributed by atoms with van der Waals surface area (Å²) in [5.41, 5.74) is -1.67. The summed E-state index contributed by atoms with van der Waals surface area (Å²) in [5.74, 6) is 0.117. The minimum absolute atomic E-state index is 0.117. The van der Waals surface area contributed by atoms with Crippen molar-refractivity contribution in [3.05, 3.63) is 35.9 Å². The highest BCUT2D eigenvalue weighted by Gasteiger charge is 2.72. The third-order valence-electron chi connectivity index (χ3n) is 4.14. The average Bonchev–Trinajstić information content (AvgIpc) is 2.27. The Morgan fingerprint density at radius 3 is 1.81 bits per heavy atom. The van der Waals surface area contributed by atoms with Gasteiger partial charge in [-0.25, -0.2) is 0 Å². The number of carbonyl (C=O) groups is 1. The van der Waals surface area contributed by atoms with Crippen LogP contribution in [-0.2, 0) is 10.4 Å². The molecule has 0 saturated heterocycles. The van der Waals surface area contributed by atoms with Crippen molar-refractivity contribution in [3.63, 3.8) is 0 Å². The molecule has 1 aromatic rings. The van der Waals surface area contributed by atoms with Crippen molar-refractivity contribution in [2.24, 2.45) is 10.8 Å². The first kappa shape index (κ1) is 11.3. The maximum atomic E-state index is 12.0. The quantitative estimate of drug-likeness (QED) is 0.786. The standard InChI is InChI=1S/C14H18O2/c1-12(2)11(15)13(3,4)14(12,16)10-8-6-5-7-9-10/h5-9,16H,1-4H3. The minimum atomic E-state index is -1.07. The van der Waals surface area contributed by atoms with E-state index in [1.165, 1.54) is 0 Å². The average molecular weight is 218 g/mol. The summed E-state index contributed by atoms with van der Waals surface area (Å²) in [7, 11) is 0. The largest absolute Gasteiger partial charge is 0.383 e. The molecule has 0 radical (unpaired) electrons. The lowest BCUT2D eigenvalue weighted by Gasteiger charge is -2.62. The molecule has 2 rings (SSSR count). The van der Waals surface area contributed by atoms with Gasteiger partial charge >= 0.3 is 0 Å². The van der Waals surface area contributed by atoms with E-state index in [0.717, 1.165) is 5.56 Å². The van der Waals surface area contributed by atoms with Crippen LogP contribution in [0.1, 0.15) is 33.3 Å². The normalized spacial score (nSPS) is 24.9. The van der Waals surface area contributed by atoms with Crippen LogP contribution in [0, 0.1) is 10.8 Å². The summed E-state index contributed by atoms with van der Waals surface area (Å²) >= 11 is 0. The molecule has 0 spiro atoms. The number of aliphatic hydroxyl groups is 1. The topological polar surface area (TPSA) is 37.3 Å². The van der Waals surface area contributed by atoms with Gasteiger partial charge in [0.1, 0.15) is 5.60 Å². The molecule has 0 bridgehead atoms. The van der Waals surface area contributed by atoms with Crippen LogP contribution in [-0.4, -0.2) is 10.9 Å². The van der Waals surface area contributed by atoms with Crippen molar-refractivity contribution in [2.45, 2.75) is 33.3 Å². The van der Waals surface area contributed by atoms with Gasteiger partial charge in [-0.05, 0) is 33.3 Å². The number of ketones is 1. The lowest BCUT2D eigenvalue weighted by Crippen LogP contribution is -2.71. The molecule has 0 atom stereocenters. The van der Waals surface area contributed by atoms with Crippen LogP contribution in [0.4, 0.5) is 0 Å². The van der Waals surface area contributed by atoms with Crippen LogP contribution >= 0.6 is 0 Å². The Labute approximate surface area is 96.3 Å². The molecule has 0 heterocycles. The molecule has 1 aliphatic rings. The first-order valence-electron chi connectivity index (χ1n) is 5.59. The van der Waals surface area contributed by atoms with Crippen molar-refractivity contribution in [3.8, 4) is 0 Å². The molecule has 0 aliphatic heterocycles. The van der Waals surface area contributed by atoms with Crippen molar-refractivity contribution < 1.29 is 9.90 Å². The van der Waals surface area contributed by atoms with Crippen molar-refractivity contribution in [1.82, 2.24) is 0 Å². The molecular weight excluding hydrogens is 200 g/mol. The molecule has 1 N–H and O–H groups in total. The van der Waals surface area contributed by atoms with E-state index in [1.54, 1.807) is 0 Å². The van der Waals surface area contributed by atoms with E-state index in [2.05, 4.69) is 0 Å². The minimum Gasteiger partial charge on any atom is -0.383 e. The fraction of sp³-hybridized carbons (Fsp3) is 0.500. The number of hydrogen-bond donors (Lipinski definition) is 1. The fourth-order valence-electron chi connectivity index (χ4n) is 3.23. The molecule has 1 aliphatic carbocycles. The van der Waals surface area contributed by atoms with Gasteiger partial charge < -0.3 is 5.11 Å². The summed E-state index contributed by atoms with van der Waals surface area (Å²) in [4.78, 5) is 12.0. The maximum absolute atomic E-state index is 12.0. The number of hydrogen-bond acceptors (Lipinski definition) is 2. The second-order valence-corrected chi connectivity index (χ2v) is 5.66. The third-order valence-corrected chi connectivity index (χ3v) is 4.14. The van der Waals surface area contributed by atoms with Crippen LogP contribution in [0.5, 0.6) is 0 Å². The monoisotopic (exact) mass is 218 g/mol. The van der Waals surface area contributed by atoms with Gasteiger partial charge in [0.25, 0.3) is 0 Å². The molecule has 0 unspecified atom stereocenters. The Morgan fingerprint density at radius 1 is 0.938 bits per heavy atom. The lowest BCUT2D eigenvalue weighted by atomic mass is 9.42.